The van der Waals surface area contributed by atoms with E-state index in [1.165, 1.54) is 0 Å². The zero-order chi connectivity index (χ0) is 13.0. The van der Waals surface area contributed by atoms with Crippen LogP contribution < -0.4 is 4.74 Å². The summed E-state index contributed by atoms with van der Waals surface area (Å²) in [6.07, 6.45) is 0. The Hall–Kier alpha value is -2.34. The maximum absolute atomic E-state index is 9.31. The van der Waals surface area contributed by atoms with Gasteiger partial charge in [0.1, 0.15) is 11.6 Å². The Morgan fingerprint density at radius 3 is 2.61 bits per heavy atom. The molecule has 0 saturated heterocycles. The van der Waals surface area contributed by atoms with E-state index in [-0.39, 0.29) is 0 Å². The molecule has 18 heavy (non-hydrogen) atoms. The number of pyridine rings is 1. The highest BCUT2D eigenvalue weighted by molar-refractivity contribution is 5.72. The van der Waals surface area contributed by atoms with Crippen LogP contribution in [0.25, 0.3) is 11.1 Å². The van der Waals surface area contributed by atoms with Crippen molar-refractivity contribution in [2.24, 2.45) is 0 Å². The smallest absolute Gasteiger partial charge is 0.232 e. The van der Waals surface area contributed by atoms with Crippen LogP contribution in [0.15, 0.2) is 36.4 Å². The van der Waals surface area contributed by atoms with Crippen molar-refractivity contribution in [2.75, 3.05) is 6.61 Å². The van der Waals surface area contributed by atoms with E-state index < -0.39 is 0 Å². The van der Waals surface area contributed by atoms with Gasteiger partial charge in [0, 0.05) is 11.3 Å². The first-order valence-electron chi connectivity index (χ1n) is 5.86. The molecule has 1 heterocycles. The van der Waals surface area contributed by atoms with Gasteiger partial charge in [0.05, 0.1) is 6.61 Å². The van der Waals surface area contributed by atoms with Crippen molar-refractivity contribution in [3.05, 3.63) is 47.7 Å². The molecule has 3 nitrogen and oxygen atoms in total. The normalized spacial score (nSPS) is 9.83. The molecule has 0 amide bonds. The lowest BCUT2D eigenvalue weighted by molar-refractivity contribution is 0.325. The first-order valence-corrected chi connectivity index (χ1v) is 5.86. The predicted octanol–water partition coefficient (Wildman–Crippen LogP) is 3.33. The highest BCUT2D eigenvalue weighted by atomic mass is 16.5. The van der Waals surface area contributed by atoms with Crippen molar-refractivity contribution < 1.29 is 4.74 Å². The Kier molecular flexibility index (Phi) is 3.59. The molecule has 0 bridgehead atoms. The molecule has 0 saturated carbocycles. The number of aryl methyl sites for hydroxylation is 1. The third-order valence-corrected chi connectivity index (χ3v) is 2.59. The van der Waals surface area contributed by atoms with Crippen LogP contribution in [0.1, 0.15) is 18.2 Å². The van der Waals surface area contributed by atoms with E-state index in [9.17, 15) is 5.26 Å². The van der Waals surface area contributed by atoms with E-state index >= 15 is 0 Å². The molecule has 0 fully saturated rings. The maximum Gasteiger partial charge on any atom is 0.232 e. The van der Waals surface area contributed by atoms with Crippen LogP contribution >= 0.6 is 0 Å². The van der Waals surface area contributed by atoms with E-state index in [4.69, 9.17) is 4.74 Å². The topological polar surface area (TPSA) is 45.9 Å². The average molecular weight is 238 g/mol. The SMILES string of the molecule is CCOc1nc(C)cc(-c2ccccc2)c1C#N. The summed E-state index contributed by atoms with van der Waals surface area (Å²) >= 11 is 0. The van der Waals surface area contributed by atoms with Crippen molar-refractivity contribution >= 4 is 0 Å². The van der Waals surface area contributed by atoms with Gasteiger partial charge in [-0.15, -0.1) is 0 Å². The minimum Gasteiger partial charge on any atom is -0.477 e. The second kappa shape index (κ2) is 5.33. The highest BCUT2D eigenvalue weighted by Gasteiger charge is 2.13. The molecule has 3 heteroatoms. The molecule has 2 aromatic rings. The third-order valence-electron chi connectivity index (χ3n) is 2.59. The fourth-order valence-corrected chi connectivity index (χ4v) is 1.84. The minimum absolute atomic E-state index is 0.416. The van der Waals surface area contributed by atoms with Gasteiger partial charge in [-0.25, -0.2) is 4.98 Å². The van der Waals surface area contributed by atoms with E-state index in [0.29, 0.717) is 18.1 Å². The van der Waals surface area contributed by atoms with Gasteiger partial charge in [-0.05, 0) is 25.5 Å². The molecule has 0 atom stereocenters. The lowest BCUT2D eigenvalue weighted by Gasteiger charge is -2.10. The number of rotatable bonds is 3. The van der Waals surface area contributed by atoms with Crippen LogP contribution in [0.2, 0.25) is 0 Å². The van der Waals surface area contributed by atoms with E-state index in [1.54, 1.807) is 0 Å². The molecule has 2 rings (SSSR count). The zero-order valence-corrected chi connectivity index (χ0v) is 10.5. The van der Waals surface area contributed by atoms with Gasteiger partial charge in [-0.1, -0.05) is 30.3 Å². The molecule has 0 spiro atoms. The van der Waals surface area contributed by atoms with Gasteiger partial charge in [0.2, 0.25) is 5.88 Å². The van der Waals surface area contributed by atoms with Crippen molar-refractivity contribution in [3.63, 3.8) is 0 Å². The molecule has 0 N–H and O–H groups in total. The Labute approximate surface area is 107 Å². The highest BCUT2D eigenvalue weighted by Crippen LogP contribution is 2.29. The van der Waals surface area contributed by atoms with Crippen molar-refractivity contribution in [2.45, 2.75) is 13.8 Å². The lowest BCUT2D eigenvalue weighted by atomic mass is 10.0. The summed E-state index contributed by atoms with van der Waals surface area (Å²) in [6.45, 7) is 4.28. The number of nitriles is 1. The molecule has 0 aliphatic carbocycles. The van der Waals surface area contributed by atoms with E-state index in [0.717, 1.165) is 16.8 Å². The molecule has 90 valence electrons. The van der Waals surface area contributed by atoms with Crippen LogP contribution in [0.4, 0.5) is 0 Å². The summed E-state index contributed by atoms with van der Waals surface area (Å²) < 4.78 is 5.44. The number of hydrogen-bond donors (Lipinski definition) is 0. The van der Waals surface area contributed by atoms with Crippen molar-refractivity contribution in [3.8, 4) is 23.1 Å². The summed E-state index contributed by atoms with van der Waals surface area (Å²) in [7, 11) is 0. The van der Waals surface area contributed by atoms with Gasteiger partial charge in [0.15, 0.2) is 0 Å². The Bertz CT molecular complexity index is 585. The molecular formula is C15H14N2O. The fraction of sp³-hybridized carbons (Fsp3) is 0.200. The lowest BCUT2D eigenvalue weighted by Crippen LogP contribution is -2.00. The fourth-order valence-electron chi connectivity index (χ4n) is 1.84. The third kappa shape index (κ3) is 2.33. The second-order valence-electron chi connectivity index (χ2n) is 3.90. The standard InChI is InChI=1S/C15H14N2O/c1-3-18-15-14(10-16)13(9-11(2)17-15)12-7-5-4-6-8-12/h4-9H,3H2,1-2H3. The largest absolute Gasteiger partial charge is 0.477 e. The molecule has 0 aliphatic rings. The summed E-state index contributed by atoms with van der Waals surface area (Å²) in [5.74, 6) is 0.416. The summed E-state index contributed by atoms with van der Waals surface area (Å²) in [6, 6.07) is 13.9. The maximum atomic E-state index is 9.31. The van der Waals surface area contributed by atoms with Crippen LogP contribution in [0.5, 0.6) is 5.88 Å². The van der Waals surface area contributed by atoms with Crippen molar-refractivity contribution in [1.82, 2.24) is 4.98 Å². The number of aromatic nitrogens is 1. The van der Waals surface area contributed by atoms with Gasteiger partial charge < -0.3 is 4.74 Å². The quantitative estimate of drug-likeness (QED) is 0.824. The first kappa shape index (κ1) is 12.1. The number of benzene rings is 1. The Morgan fingerprint density at radius 1 is 1.28 bits per heavy atom. The number of nitrogens with zero attached hydrogens (tertiary/aromatic N) is 2. The van der Waals surface area contributed by atoms with Gasteiger partial charge in [-0.2, -0.15) is 5.26 Å². The molecular weight excluding hydrogens is 224 g/mol. The van der Waals surface area contributed by atoms with Crippen LogP contribution in [-0.2, 0) is 0 Å². The minimum atomic E-state index is 0.416. The molecule has 0 radical (unpaired) electrons. The Balaban J connectivity index is 2.64. The number of ether oxygens (including phenoxy) is 1. The zero-order valence-electron chi connectivity index (χ0n) is 10.5. The average Bonchev–Trinajstić information content (AvgIpc) is 2.39. The van der Waals surface area contributed by atoms with E-state index in [2.05, 4.69) is 11.1 Å². The second-order valence-corrected chi connectivity index (χ2v) is 3.90. The first-order chi connectivity index (χ1) is 8.76. The predicted molar refractivity (Wildman–Crippen MR) is 70.3 cm³/mol. The van der Waals surface area contributed by atoms with Gasteiger partial charge in [-0.3, -0.25) is 0 Å². The number of hydrogen-bond acceptors (Lipinski definition) is 3. The molecule has 1 aromatic carbocycles. The summed E-state index contributed by atoms with van der Waals surface area (Å²) in [5, 5.41) is 9.31. The molecule has 1 aromatic heterocycles. The van der Waals surface area contributed by atoms with Gasteiger partial charge >= 0.3 is 0 Å². The van der Waals surface area contributed by atoms with Crippen LogP contribution in [0.3, 0.4) is 0 Å². The monoisotopic (exact) mass is 238 g/mol. The molecule has 0 aliphatic heterocycles. The Morgan fingerprint density at radius 2 is 2.00 bits per heavy atom. The van der Waals surface area contributed by atoms with E-state index in [1.807, 2.05) is 50.2 Å². The van der Waals surface area contributed by atoms with Crippen LogP contribution in [-0.4, -0.2) is 11.6 Å². The van der Waals surface area contributed by atoms with Crippen LogP contribution in [0, 0.1) is 18.3 Å². The summed E-state index contributed by atoms with van der Waals surface area (Å²) in [4.78, 5) is 4.28. The molecule has 0 unspecified atom stereocenters. The summed E-state index contributed by atoms with van der Waals surface area (Å²) in [5.41, 5.74) is 3.21. The van der Waals surface area contributed by atoms with Gasteiger partial charge in [0.25, 0.3) is 0 Å². The van der Waals surface area contributed by atoms with Crippen molar-refractivity contribution in [1.29, 1.82) is 5.26 Å².